The Morgan fingerprint density at radius 2 is 2.06 bits per heavy atom. The molecule has 4 heteroatoms. The molecule has 2 fully saturated rings. The maximum atomic E-state index is 5.01. The summed E-state index contributed by atoms with van der Waals surface area (Å²) in [4.78, 5) is 4.21. The maximum Gasteiger partial charge on any atom is 0.191 e. The van der Waals surface area contributed by atoms with Gasteiger partial charge >= 0.3 is 0 Å². The summed E-state index contributed by atoms with van der Waals surface area (Å²) in [6.07, 6.45) is 7.25. The molecular formula is C14H27N3O. The van der Waals surface area contributed by atoms with Gasteiger partial charge in [0.05, 0.1) is 6.61 Å². The predicted molar refractivity (Wildman–Crippen MR) is 74.8 cm³/mol. The number of nitrogens with one attached hydrogen (secondary N) is 2. The average Bonchev–Trinajstić information content (AvgIpc) is 2.99. The lowest BCUT2D eigenvalue weighted by Crippen LogP contribution is -2.39. The molecule has 0 radical (unpaired) electrons. The molecule has 2 aliphatic rings. The lowest BCUT2D eigenvalue weighted by atomic mass is 9.86. The molecule has 0 aromatic heterocycles. The Labute approximate surface area is 111 Å². The average molecular weight is 253 g/mol. The Balaban J connectivity index is 1.59. The Kier molecular flexibility index (Phi) is 5.29. The van der Waals surface area contributed by atoms with Gasteiger partial charge in [-0.2, -0.15) is 0 Å². The van der Waals surface area contributed by atoms with Gasteiger partial charge in [0.25, 0.3) is 0 Å². The number of guanidine groups is 1. The van der Waals surface area contributed by atoms with E-state index >= 15 is 0 Å². The summed E-state index contributed by atoms with van der Waals surface area (Å²) in [5.41, 5.74) is 0. The van der Waals surface area contributed by atoms with Crippen LogP contribution in [0, 0.1) is 17.8 Å². The highest BCUT2D eigenvalue weighted by Crippen LogP contribution is 2.49. The normalized spacial score (nSPS) is 30.8. The highest BCUT2D eigenvalue weighted by atomic mass is 16.5. The fourth-order valence-corrected chi connectivity index (χ4v) is 3.60. The van der Waals surface area contributed by atoms with Gasteiger partial charge in [0, 0.05) is 27.2 Å². The molecule has 0 heterocycles. The molecule has 3 atom stereocenters. The summed E-state index contributed by atoms with van der Waals surface area (Å²) < 4.78 is 5.01. The van der Waals surface area contributed by atoms with Crippen molar-refractivity contribution in [2.24, 2.45) is 22.7 Å². The third-order valence-corrected chi connectivity index (χ3v) is 4.51. The molecule has 104 valence electrons. The van der Waals surface area contributed by atoms with Crippen molar-refractivity contribution in [2.75, 3.05) is 33.9 Å². The zero-order valence-corrected chi connectivity index (χ0v) is 11.7. The van der Waals surface area contributed by atoms with Gasteiger partial charge in [0.2, 0.25) is 0 Å². The number of nitrogens with zero attached hydrogens (tertiary/aromatic N) is 1. The molecule has 2 bridgehead atoms. The van der Waals surface area contributed by atoms with Crippen molar-refractivity contribution in [3.63, 3.8) is 0 Å². The number of rotatable bonds is 6. The molecule has 2 N–H and O–H groups in total. The first-order valence-electron chi connectivity index (χ1n) is 7.27. The van der Waals surface area contributed by atoms with Gasteiger partial charge in [0.15, 0.2) is 5.96 Å². The monoisotopic (exact) mass is 253 g/mol. The van der Waals surface area contributed by atoms with Crippen LogP contribution in [0.1, 0.15) is 32.1 Å². The van der Waals surface area contributed by atoms with E-state index in [2.05, 4.69) is 15.6 Å². The third kappa shape index (κ3) is 3.61. The van der Waals surface area contributed by atoms with Crippen LogP contribution >= 0.6 is 0 Å². The first kappa shape index (κ1) is 13.7. The molecule has 0 aromatic carbocycles. The number of hydrogen-bond acceptors (Lipinski definition) is 2. The fourth-order valence-electron chi connectivity index (χ4n) is 3.60. The van der Waals surface area contributed by atoms with Crippen LogP contribution in [-0.4, -0.2) is 39.8 Å². The largest absolute Gasteiger partial charge is 0.383 e. The fraction of sp³-hybridized carbons (Fsp3) is 0.929. The van der Waals surface area contributed by atoms with E-state index in [-0.39, 0.29) is 0 Å². The molecule has 18 heavy (non-hydrogen) atoms. The van der Waals surface area contributed by atoms with Crippen LogP contribution in [0.25, 0.3) is 0 Å². The zero-order valence-electron chi connectivity index (χ0n) is 11.7. The SMILES string of the molecule is CN=C(NCCOC)NCCC1CC2CCC1C2. The summed E-state index contributed by atoms with van der Waals surface area (Å²) in [6.45, 7) is 2.57. The molecule has 2 aliphatic carbocycles. The highest BCUT2D eigenvalue weighted by Gasteiger charge is 2.38. The molecule has 0 saturated heterocycles. The Bertz CT molecular complexity index is 280. The van der Waals surface area contributed by atoms with Crippen molar-refractivity contribution in [1.29, 1.82) is 0 Å². The minimum atomic E-state index is 0.715. The van der Waals surface area contributed by atoms with Crippen LogP contribution < -0.4 is 10.6 Å². The van der Waals surface area contributed by atoms with Crippen molar-refractivity contribution in [2.45, 2.75) is 32.1 Å². The number of hydrogen-bond donors (Lipinski definition) is 2. The van der Waals surface area contributed by atoms with E-state index in [1.165, 1.54) is 32.1 Å². The van der Waals surface area contributed by atoms with Crippen molar-refractivity contribution in [3.05, 3.63) is 0 Å². The topological polar surface area (TPSA) is 45.7 Å². The van der Waals surface area contributed by atoms with Gasteiger partial charge in [-0.1, -0.05) is 6.42 Å². The first-order chi connectivity index (χ1) is 8.83. The van der Waals surface area contributed by atoms with Gasteiger partial charge in [-0.25, -0.2) is 0 Å². The van der Waals surface area contributed by atoms with E-state index < -0.39 is 0 Å². The van der Waals surface area contributed by atoms with E-state index in [1.54, 1.807) is 7.11 Å². The molecule has 4 nitrogen and oxygen atoms in total. The van der Waals surface area contributed by atoms with Crippen LogP contribution in [0.2, 0.25) is 0 Å². The van der Waals surface area contributed by atoms with E-state index in [0.717, 1.165) is 36.8 Å². The Morgan fingerprint density at radius 3 is 2.67 bits per heavy atom. The van der Waals surface area contributed by atoms with E-state index in [9.17, 15) is 0 Å². The zero-order chi connectivity index (χ0) is 12.8. The van der Waals surface area contributed by atoms with E-state index in [4.69, 9.17) is 4.74 Å². The van der Waals surface area contributed by atoms with Gasteiger partial charge in [-0.3, -0.25) is 4.99 Å². The van der Waals surface area contributed by atoms with Gasteiger partial charge in [-0.05, 0) is 43.4 Å². The predicted octanol–water partition coefficient (Wildman–Crippen LogP) is 1.62. The van der Waals surface area contributed by atoms with Crippen molar-refractivity contribution in [1.82, 2.24) is 10.6 Å². The second kappa shape index (κ2) is 6.98. The number of methoxy groups -OCH3 is 1. The van der Waals surface area contributed by atoms with Crippen molar-refractivity contribution in [3.8, 4) is 0 Å². The van der Waals surface area contributed by atoms with Crippen LogP contribution in [0.5, 0.6) is 0 Å². The third-order valence-electron chi connectivity index (χ3n) is 4.51. The number of ether oxygens (including phenoxy) is 1. The summed E-state index contributed by atoms with van der Waals surface area (Å²) >= 11 is 0. The Hall–Kier alpha value is -0.770. The maximum absolute atomic E-state index is 5.01. The molecule has 3 unspecified atom stereocenters. The number of fused-ring (bicyclic) bond motifs is 2. The van der Waals surface area contributed by atoms with Crippen LogP contribution in [0.3, 0.4) is 0 Å². The standard InChI is InChI=1S/C14H27N3O/c1-15-14(17-7-8-18-2)16-6-5-13-10-11-3-4-12(13)9-11/h11-13H,3-10H2,1-2H3,(H2,15,16,17). The minimum Gasteiger partial charge on any atom is -0.383 e. The molecule has 0 aromatic rings. The molecule has 0 amide bonds. The van der Waals surface area contributed by atoms with Gasteiger partial charge in [0.1, 0.15) is 0 Å². The van der Waals surface area contributed by atoms with Crippen LogP contribution in [0.15, 0.2) is 4.99 Å². The second-order valence-corrected chi connectivity index (χ2v) is 5.64. The van der Waals surface area contributed by atoms with Crippen molar-refractivity contribution >= 4 is 5.96 Å². The second-order valence-electron chi connectivity index (χ2n) is 5.64. The smallest absolute Gasteiger partial charge is 0.191 e. The Morgan fingerprint density at radius 1 is 1.22 bits per heavy atom. The van der Waals surface area contributed by atoms with Gasteiger partial charge in [-0.15, -0.1) is 0 Å². The molecule has 2 saturated carbocycles. The summed E-state index contributed by atoms with van der Waals surface area (Å²) in [5.74, 6) is 3.95. The summed E-state index contributed by atoms with van der Waals surface area (Å²) in [6, 6.07) is 0. The molecule has 0 aliphatic heterocycles. The quantitative estimate of drug-likeness (QED) is 0.429. The summed E-state index contributed by atoms with van der Waals surface area (Å²) in [5, 5.41) is 6.64. The van der Waals surface area contributed by atoms with Crippen LogP contribution in [-0.2, 0) is 4.74 Å². The number of aliphatic imine (C=N–C) groups is 1. The molecular weight excluding hydrogens is 226 g/mol. The van der Waals surface area contributed by atoms with Gasteiger partial charge < -0.3 is 15.4 Å². The lowest BCUT2D eigenvalue weighted by Gasteiger charge is -2.22. The molecule has 2 rings (SSSR count). The first-order valence-corrected chi connectivity index (χ1v) is 7.27. The van der Waals surface area contributed by atoms with Crippen LogP contribution in [0.4, 0.5) is 0 Å². The van der Waals surface area contributed by atoms with E-state index in [0.29, 0.717) is 6.61 Å². The van der Waals surface area contributed by atoms with Crippen molar-refractivity contribution < 1.29 is 4.74 Å². The van der Waals surface area contributed by atoms with E-state index in [1.807, 2.05) is 7.05 Å². The lowest BCUT2D eigenvalue weighted by molar-refractivity contribution is 0.203. The molecule has 0 spiro atoms. The highest BCUT2D eigenvalue weighted by molar-refractivity contribution is 5.79. The summed E-state index contributed by atoms with van der Waals surface area (Å²) in [7, 11) is 3.53. The minimum absolute atomic E-state index is 0.715.